The molecule has 6 heteroatoms. The first kappa shape index (κ1) is 9.20. The number of anilines is 1. The SMILES string of the molecule is O=C(Nc1ccn[nH]1)c1ccncc1O. The predicted octanol–water partition coefficient (Wildman–Crippen LogP) is 0.763. The highest BCUT2D eigenvalue weighted by molar-refractivity contribution is 6.05. The zero-order valence-electron chi connectivity index (χ0n) is 7.64. The highest BCUT2D eigenvalue weighted by Crippen LogP contribution is 2.15. The van der Waals surface area contributed by atoms with Crippen LogP contribution in [0.3, 0.4) is 0 Å². The van der Waals surface area contributed by atoms with E-state index in [1.165, 1.54) is 24.7 Å². The van der Waals surface area contributed by atoms with E-state index in [0.29, 0.717) is 5.82 Å². The van der Waals surface area contributed by atoms with Gasteiger partial charge in [-0.3, -0.25) is 14.9 Å². The second kappa shape index (κ2) is 3.79. The molecule has 0 spiro atoms. The fourth-order valence-corrected chi connectivity index (χ4v) is 1.09. The van der Waals surface area contributed by atoms with Crippen LogP contribution in [0, 0.1) is 0 Å². The number of carbonyl (C=O) groups is 1. The number of pyridine rings is 1. The fourth-order valence-electron chi connectivity index (χ4n) is 1.09. The molecule has 0 atom stereocenters. The number of aromatic amines is 1. The van der Waals surface area contributed by atoms with E-state index in [4.69, 9.17) is 0 Å². The Morgan fingerprint density at radius 1 is 1.40 bits per heavy atom. The summed E-state index contributed by atoms with van der Waals surface area (Å²) in [5.41, 5.74) is 0.166. The molecule has 0 saturated heterocycles. The van der Waals surface area contributed by atoms with Gasteiger partial charge in [-0.15, -0.1) is 0 Å². The molecule has 0 aliphatic carbocycles. The van der Waals surface area contributed by atoms with Crippen LogP contribution in [0.25, 0.3) is 0 Å². The molecule has 0 unspecified atom stereocenters. The molecule has 0 aliphatic heterocycles. The molecule has 0 aromatic carbocycles. The van der Waals surface area contributed by atoms with Crippen LogP contribution in [0.4, 0.5) is 5.82 Å². The zero-order chi connectivity index (χ0) is 10.7. The highest BCUT2D eigenvalue weighted by atomic mass is 16.3. The summed E-state index contributed by atoms with van der Waals surface area (Å²) in [4.78, 5) is 15.3. The lowest BCUT2D eigenvalue weighted by Crippen LogP contribution is -2.12. The maximum atomic E-state index is 11.6. The van der Waals surface area contributed by atoms with E-state index in [1.54, 1.807) is 6.07 Å². The van der Waals surface area contributed by atoms with Crippen molar-refractivity contribution in [3.63, 3.8) is 0 Å². The molecule has 0 fully saturated rings. The Balaban J connectivity index is 2.19. The highest BCUT2D eigenvalue weighted by Gasteiger charge is 2.10. The minimum atomic E-state index is -0.417. The molecule has 6 nitrogen and oxygen atoms in total. The number of nitrogens with one attached hydrogen (secondary N) is 2. The van der Waals surface area contributed by atoms with Crippen LogP contribution in [0.2, 0.25) is 0 Å². The molecule has 15 heavy (non-hydrogen) atoms. The Morgan fingerprint density at radius 2 is 2.27 bits per heavy atom. The van der Waals surface area contributed by atoms with E-state index in [9.17, 15) is 9.90 Å². The molecule has 2 heterocycles. The van der Waals surface area contributed by atoms with Crippen LogP contribution < -0.4 is 5.32 Å². The smallest absolute Gasteiger partial charge is 0.260 e. The molecule has 2 aromatic heterocycles. The molecule has 0 bridgehead atoms. The monoisotopic (exact) mass is 204 g/mol. The molecule has 1 amide bonds. The van der Waals surface area contributed by atoms with Crippen molar-refractivity contribution in [1.82, 2.24) is 15.2 Å². The van der Waals surface area contributed by atoms with Crippen LogP contribution in [-0.2, 0) is 0 Å². The number of H-pyrrole nitrogens is 1. The Labute approximate surface area is 85.0 Å². The first-order chi connectivity index (χ1) is 7.27. The van der Waals surface area contributed by atoms with Crippen LogP contribution in [0.1, 0.15) is 10.4 Å². The molecular weight excluding hydrogens is 196 g/mol. The maximum absolute atomic E-state index is 11.6. The van der Waals surface area contributed by atoms with Crippen LogP contribution in [0.5, 0.6) is 5.75 Å². The van der Waals surface area contributed by atoms with Gasteiger partial charge in [-0.05, 0) is 6.07 Å². The number of hydrogen-bond donors (Lipinski definition) is 3. The molecule has 2 aromatic rings. The molecule has 2 rings (SSSR count). The van der Waals surface area contributed by atoms with Gasteiger partial charge in [0.25, 0.3) is 5.91 Å². The lowest BCUT2D eigenvalue weighted by atomic mass is 10.2. The molecule has 3 N–H and O–H groups in total. The lowest BCUT2D eigenvalue weighted by Gasteiger charge is -2.03. The number of rotatable bonds is 2. The zero-order valence-corrected chi connectivity index (χ0v) is 7.64. The van der Waals surface area contributed by atoms with Crippen molar-refractivity contribution < 1.29 is 9.90 Å². The van der Waals surface area contributed by atoms with Crippen molar-refractivity contribution in [2.75, 3.05) is 5.32 Å². The largest absolute Gasteiger partial charge is 0.505 e. The Bertz CT molecular complexity index is 467. The molecular formula is C9H8N4O2. The van der Waals surface area contributed by atoms with Gasteiger partial charge in [0, 0.05) is 12.3 Å². The van der Waals surface area contributed by atoms with E-state index < -0.39 is 5.91 Å². The number of aromatic hydroxyl groups is 1. The van der Waals surface area contributed by atoms with E-state index in [0.717, 1.165) is 0 Å². The normalized spacial score (nSPS) is 9.87. The first-order valence-electron chi connectivity index (χ1n) is 4.21. The quantitative estimate of drug-likeness (QED) is 0.673. The number of amides is 1. The van der Waals surface area contributed by atoms with Gasteiger partial charge in [0.15, 0.2) is 0 Å². The number of hydrogen-bond acceptors (Lipinski definition) is 4. The van der Waals surface area contributed by atoms with Gasteiger partial charge in [0.1, 0.15) is 11.6 Å². The number of nitrogens with zero attached hydrogens (tertiary/aromatic N) is 2. The second-order valence-electron chi connectivity index (χ2n) is 2.82. The maximum Gasteiger partial charge on any atom is 0.260 e. The van der Waals surface area contributed by atoms with Gasteiger partial charge in [-0.1, -0.05) is 0 Å². The third-order valence-corrected chi connectivity index (χ3v) is 1.79. The molecule has 0 aliphatic rings. The summed E-state index contributed by atoms with van der Waals surface area (Å²) in [6, 6.07) is 3.04. The van der Waals surface area contributed by atoms with Crippen LogP contribution in [-0.4, -0.2) is 26.2 Å². The number of carbonyl (C=O) groups excluding carboxylic acids is 1. The minimum Gasteiger partial charge on any atom is -0.505 e. The topological polar surface area (TPSA) is 90.9 Å². The van der Waals surface area contributed by atoms with Crippen molar-refractivity contribution in [2.45, 2.75) is 0 Å². The third kappa shape index (κ3) is 1.93. The van der Waals surface area contributed by atoms with Crippen molar-refractivity contribution in [2.24, 2.45) is 0 Å². The van der Waals surface area contributed by atoms with Gasteiger partial charge < -0.3 is 10.4 Å². The van der Waals surface area contributed by atoms with E-state index >= 15 is 0 Å². The summed E-state index contributed by atoms with van der Waals surface area (Å²) in [5.74, 6) is -0.107. The Kier molecular flexibility index (Phi) is 2.32. The van der Waals surface area contributed by atoms with Crippen molar-refractivity contribution in [3.05, 3.63) is 36.3 Å². The van der Waals surface area contributed by atoms with Crippen LogP contribution >= 0.6 is 0 Å². The van der Waals surface area contributed by atoms with Gasteiger partial charge in [-0.25, -0.2) is 0 Å². The number of aromatic nitrogens is 3. The van der Waals surface area contributed by atoms with Gasteiger partial charge >= 0.3 is 0 Å². The van der Waals surface area contributed by atoms with Crippen molar-refractivity contribution in [3.8, 4) is 5.75 Å². The second-order valence-corrected chi connectivity index (χ2v) is 2.82. The van der Waals surface area contributed by atoms with Crippen molar-refractivity contribution in [1.29, 1.82) is 0 Å². The van der Waals surface area contributed by atoms with E-state index in [-0.39, 0.29) is 11.3 Å². The molecule has 0 radical (unpaired) electrons. The average molecular weight is 204 g/mol. The van der Waals surface area contributed by atoms with Crippen molar-refractivity contribution >= 4 is 11.7 Å². The minimum absolute atomic E-state index is 0.158. The summed E-state index contributed by atoms with van der Waals surface area (Å²) in [6.07, 6.45) is 4.16. The third-order valence-electron chi connectivity index (χ3n) is 1.79. The predicted molar refractivity (Wildman–Crippen MR) is 52.4 cm³/mol. The fraction of sp³-hybridized carbons (Fsp3) is 0. The first-order valence-corrected chi connectivity index (χ1v) is 4.21. The summed E-state index contributed by atoms with van der Waals surface area (Å²) < 4.78 is 0. The standard InChI is InChI=1S/C9H8N4O2/c14-7-5-10-3-1-6(7)9(15)12-8-2-4-11-13-8/h1-5,14H,(H2,11,12,13,15). The molecule has 76 valence electrons. The Morgan fingerprint density at radius 3 is 2.93 bits per heavy atom. The molecule has 0 saturated carbocycles. The van der Waals surface area contributed by atoms with E-state index in [1.807, 2.05) is 0 Å². The summed E-state index contributed by atoms with van der Waals surface area (Å²) in [5, 5.41) is 18.1. The van der Waals surface area contributed by atoms with E-state index in [2.05, 4.69) is 20.5 Å². The van der Waals surface area contributed by atoms with Crippen LogP contribution in [0.15, 0.2) is 30.7 Å². The average Bonchev–Trinajstić information content (AvgIpc) is 2.71. The van der Waals surface area contributed by atoms with Gasteiger partial charge in [-0.2, -0.15) is 5.10 Å². The van der Waals surface area contributed by atoms with Gasteiger partial charge in [0.05, 0.1) is 18.0 Å². The summed E-state index contributed by atoms with van der Waals surface area (Å²) in [6.45, 7) is 0. The lowest BCUT2D eigenvalue weighted by molar-refractivity contribution is 0.102. The Hall–Kier alpha value is -2.37. The van der Waals surface area contributed by atoms with Gasteiger partial charge in [0.2, 0.25) is 0 Å². The summed E-state index contributed by atoms with van der Waals surface area (Å²) >= 11 is 0. The summed E-state index contributed by atoms with van der Waals surface area (Å²) in [7, 11) is 0.